The molecule has 1 heterocycles. The molecule has 0 aliphatic rings. The second-order valence-electron chi connectivity index (χ2n) is 6.42. The maximum absolute atomic E-state index is 12.5. The highest BCUT2D eigenvalue weighted by atomic mass is 16.5. The maximum atomic E-state index is 12.5. The number of rotatable bonds is 5. The molecule has 7 nitrogen and oxygen atoms in total. The number of esters is 1. The maximum Gasteiger partial charge on any atom is 0.338 e. The molecule has 0 atom stereocenters. The van der Waals surface area contributed by atoms with Gasteiger partial charge in [0.25, 0.3) is 0 Å². The van der Waals surface area contributed by atoms with E-state index in [1.165, 1.54) is 16.6 Å². The molecule has 27 heavy (non-hydrogen) atoms. The average Bonchev–Trinajstić information content (AvgIpc) is 3.22. The highest BCUT2D eigenvalue weighted by molar-refractivity contribution is 6.01. The fourth-order valence-electron chi connectivity index (χ4n) is 2.82. The smallest absolute Gasteiger partial charge is 0.338 e. The Labute approximate surface area is 157 Å². The topological polar surface area (TPSA) is 87.0 Å². The molecule has 138 valence electrons. The van der Waals surface area contributed by atoms with Crippen molar-refractivity contribution in [3.8, 4) is 5.69 Å². The summed E-state index contributed by atoms with van der Waals surface area (Å²) < 4.78 is 6.68. The lowest BCUT2D eigenvalue weighted by molar-refractivity contribution is 0.0474. The molecule has 3 rings (SSSR count). The Morgan fingerprint density at radius 1 is 1.00 bits per heavy atom. The first-order valence-electron chi connectivity index (χ1n) is 8.49. The first-order chi connectivity index (χ1) is 12.9. The van der Waals surface area contributed by atoms with Crippen LogP contribution in [0.5, 0.6) is 0 Å². The largest absolute Gasteiger partial charge is 0.454 e. The third-order valence-electron chi connectivity index (χ3n) is 4.83. The van der Waals surface area contributed by atoms with Crippen LogP contribution >= 0.6 is 0 Å². The van der Waals surface area contributed by atoms with Gasteiger partial charge in [-0.2, -0.15) is 0 Å². The fourth-order valence-corrected chi connectivity index (χ4v) is 2.82. The van der Waals surface area contributed by atoms with E-state index in [1.807, 2.05) is 33.8 Å². The Morgan fingerprint density at radius 3 is 2.33 bits per heavy atom. The van der Waals surface area contributed by atoms with Crippen LogP contribution in [-0.2, 0) is 4.74 Å². The second kappa shape index (κ2) is 7.49. The van der Waals surface area contributed by atoms with Crippen molar-refractivity contribution in [1.82, 2.24) is 20.2 Å². The van der Waals surface area contributed by atoms with E-state index in [4.69, 9.17) is 4.74 Å². The lowest BCUT2D eigenvalue weighted by atomic mass is 9.93. The molecule has 1 aromatic heterocycles. The van der Waals surface area contributed by atoms with Crippen LogP contribution < -0.4 is 0 Å². The number of ether oxygens (including phenoxy) is 1. The van der Waals surface area contributed by atoms with Gasteiger partial charge in [0.05, 0.1) is 11.3 Å². The van der Waals surface area contributed by atoms with Gasteiger partial charge in [0, 0.05) is 5.56 Å². The van der Waals surface area contributed by atoms with Crippen LogP contribution in [0.25, 0.3) is 5.69 Å². The van der Waals surface area contributed by atoms with Gasteiger partial charge in [-0.3, -0.25) is 4.79 Å². The third-order valence-corrected chi connectivity index (χ3v) is 4.83. The fraction of sp³-hybridized carbons (Fsp3) is 0.250. The molecule has 0 fully saturated rings. The minimum absolute atomic E-state index is 0.211. The monoisotopic (exact) mass is 364 g/mol. The predicted octanol–water partition coefficient (Wildman–Crippen LogP) is 2.94. The first-order valence-corrected chi connectivity index (χ1v) is 8.49. The number of carbonyl (C=O) groups is 2. The van der Waals surface area contributed by atoms with Crippen LogP contribution in [0.3, 0.4) is 0 Å². The molecule has 0 saturated carbocycles. The Bertz CT molecular complexity index is 993. The van der Waals surface area contributed by atoms with Gasteiger partial charge in [0.2, 0.25) is 5.78 Å². The summed E-state index contributed by atoms with van der Waals surface area (Å²) >= 11 is 0. The van der Waals surface area contributed by atoms with Gasteiger partial charge >= 0.3 is 5.97 Å². The summed E-state index contributed by atoms with van der Waals surface area (Å²) in [4.78, 5) is 24.8. The standard InChI is InChI=1S/C20H20N4O3/c1-12-9-18(15(4)14(3)13(12)2)19(25)10-27-20(26)16-5-7-17(8-6-16)24-11-21-22-23-24/h5-9,11H,10H2,1-4H3. The van der Waals surface area contributed by atoms with Crippen molar-refractivity contribution in [2.45, 2.75) is 27.7 Å². The number of aromatic nitrogens is 4. The third kappa shape index (κ3) is 3.76. The molecule has 0 amide bonds. The zero-order chi connectivity index (χ0) is 19.6. The molecule has 0 aliphatic carbocycles. The molecular formula is C20H20N4O3. The summed E-state index contributed by atoms with van der Waals surface area (Å²) in [6, 6.07) is 8.47. The molecule has 0 radical (unpaired) electrons. The van der Waals surface area contributed by atoms with Crippen molar-refractivity contribution in [3.05, 3.63) is 70.0 Å². The Balaban J connectivity index is 1.68. The highest BCUT2D eigenvalue weighted by Crippen LogP contribution is 2.21. The Hall–Kier alpha value is -3.35. The van der Waals surface area contributed by atoms with Crippen LogP contribution in [0.15, 0.2) is 36.7 Å². The molecule has 0 bridgehead atoms. The van der Waals surface area contributed by atoms with Crippen molar-refractivity contribution in [2.75, 3.05) is 6.61 Å². The molecule has 0 aliphatic heterocycles. The Kier molecular flexibility index (Phi) is 5.12. The van der Waals surface area contributed by atoms with E-state index in [0.29, 0.717) is 16.8 Å². The number of hydrogen-bond donors (Lipinski definition) is 0. The van der Waals surface area contributed by atoms with Gasteiger partial charge in [0.15, 0.2) is 6.61 Å². The van der Waals surface area contributed by atoms with Crippen molar-refractivity contribution in [1.29, 1.82) is 0 Å². The van der Waals surface area contributed by atoms with Gasteiger partial charge in [-0.1, -0.05) is 0 Å². The molecule has 7 heteroatoms. The van der Waals surface area contributed by atoms with Crippen LogP contribution in [0.1, 0.15) is 43.0 Å². The summed E-state index contributed by atoms with van der Waals surface area (Å²) in [6.45, 7) is 7.61. The predicted molar refractivity (Wildman–Crippen MR) is 99.2 cm³/mol. The van der Waals surface area contributed by atoms with E-state index in [-0.39, 0.29) is 12.4 Å². The zero-order valence-corrected chi connectivity index (χ0v) is 15.7. The van der Waals surface area contributed by atoms with Crippen LogP contribution in [-0.4, -0.2) is 38.6 Å². The van der Waals surface area contributed by atoms with Crippen molar-refractivity contribution >= 4 is 11.8 Å². The summed E-state index contributed by atoms with van der Waals surface area (Å²) in [5.41, 5.74) is 5.89. The number of aryl methyl sites for hydroxylation is 1. The number of Topliss-reactive ketones (excluding diaryl/α,β-unsaturated/α-hetero) is 1. The SMILES string of the molecule is Cc1cc(C(=O)COC(=O)c2ccc(-n3cnnn3)cc2)c(C)c(C)c1C. The molecule has 0 spiro atoms. The van der Waals surface area contributed by atoms with Crippen molar-refractivity contribution < 1.29 is 14.3 Å². The minimum Gasteiger partial charge on any atom is -0.454 e. The summed E-state index contributed by atoms with van der Waals surface area (Å²) in [6.07, 6.45) is 1.46. The number of hydrogen-bond acceptors (Lipinski definition) is 6. The molecular weight excluding hydrogens is 344 g/mol. The van der Waals surface area contributed by atoms with Gasteiger partial charge in [-0.25, -0.2) is 9.48 Å². The summed E-state index contributed by atoms with van der Waals surface area (Å²) in [5.74, 6) is -0.762. The van der Waals surface area contributed by atoms with E-state index in [1.54, 1.807) is 24.3 Å². The van der Waals surface area contributed by atoms with Crippen LogP contribution in [0.4, 0.5) is 0 Å². The second-order valence-corrected chi connectivity index (χ2v) is 6.42. The van der Waals surface area contributed by atoms with Gasteiger partial charge in [-0.15, -0.1) is 5.10 Å². The number of nitrogens with zero attached hydrogens (tertiary/aromatic N) is 4. The summed E-state index contributed by atoms with van der Waals surface area (Å²) in [7, 11) is 0. The molecule has 0 unspecified atom stereocenters. The average molecular weight is 364 g/mol. The number of carbonyl (C=O) groups excluding carboxylic acids is 2. The van der Waals surface area contributed by atoms with E-state index >= 15 is 0 Å². The van der Waals surface area contributed by atoms with Gasteiger partial charge in [-0.05, 0) is 90.7 Å². The van der Waals surface area contributed by atoms with Crippen molar-refractivity contribution in [2.24, 2.45) is 0 Å². The highest BCUT2D eigenvalue weighted by Gasteiger charge is 2.16. The quantitative estimate of drug-likeness (QED) is 0.511. The zero-order valence-electron chi connectivity index (χ0n) is 15.7. The first kappa shape index (κ1) is 18.4. The number of benzene rings is 2. The molecule has 0 N–H and O–H groups in total. The number of tetrazole rings is 1. The lowest BCUT2D eigenvalue weighted by Gasteiger charge is -2.13. The van der Waals surface area contributed by atoms with Crippen LogP contribution in [0, 0.1) is 27.7 Å². The van der Waals surface area contributed by atoms with Crippen molar-refractivity contribution in [3.63, 3.8) is 0 Å². The van der Waals surface area contributed by atoms with E-state index < -0.39 is 5.97 Å². The lowest BCUT2D eigenvalue weighted by Crippen LogP contribution is -2.16. The normalized spacial score (nSPS) is 10.7. The number of ketones is 1. The van der Waals surface area contributed by atoms with Gasteiger partial charge in [0.1, 0.15) is 6.33 Å². The minimum atomic E-state index is -0.551. The molecule has 3 aromatic rings. The Morgan fingerprint density at radius 2 is 1.70 bits per heavy atom. The van der Waals surface area contributed by atoms with E-state index in [0.717, 1.165) is 16.7 Å². The van der Waals surface area contributed by atoms with Crippen LogP contribution in [0.2, 0.25) is 0 Å². The van der Waals surface area contributed by atoms with E-state index in [2.05, 4.69) is 15.5 Å². The van der Waals surface area contributed by atoms with Gasteiger partial charge < -0.3 is 4.74 Å². The molecule has 0 saturated heterocycles. The summed E-state index contributed by atoms with van der Waals surface area (Å²) in [5, 5.41) is 10.9. The van der Waals surface area contributed by atoms with E-state index in [9.17, 15) is 9.59 Å². The molecule has 2 aromatic carbocycles.